The van der Waals surface area contributed by atoms with Crippen LogP contribution in [-0.4, -0.2) is 47.5 Å². The number of benzene rings is 1. The van der Waals surface area contributed by atoms with Crippen LogP contribution in [0.15, 0.2) is 24.3 Å². The number of halogens is 1. The van der Waals surface area contributed by atoms with Crippen molar-refractivity contribution in [2.45, 2.75) is 6.92 Å². The summed E-state index contributed by atoms with van der Waals surface area (Å²) < 4.78 is 0. The van der Waals surface area contributed by atoms with Crippen LogP contribution in [-0.2, 0) is 0 Å². The Morgan fingerprint density at radius 1 is 1.27 bits per heavy atom. The lowest BCUT2D eigenvalue weighted by molar-refractivity contribution is -0.384. The second kappa shape index (κ2) is 6.06. The summed E-state index contributed by atoms with van der Waals surface area (Å²) in [4.78, 5) is 19.6. The van der Waals surface area contributed by atoms with E-state index in [1.807, 2.05) is 0 Å². The molecule has 0 unspecified atom stereocenters. The van der Waals surface area contributed by atoms with Crippen LogP contribution >= 0.6 is 11.6 Å². The van der Waals surface area contributed by atoms with Crippen molar-refractivity contribution in [3.05, 3.63) is 39.4 Å². The molecule has 116 valence electrons. The summed E-state index contributed by atoms with van der Waals surface area (Å²) in [5.74, 6) is 0.835. The molecule has 7 heteroatoms. The molecule has 1 aliphatic rings. The molecular weight excluding hydrogens is 304 g/mol. The number of anilines is 1. The van der Waals surface area contributed by atoms with E-state index in [4.69, 9.17) is 11.6 Å². The maximum atomic E-state index is 10.9. The smallest absolute Gasteiger partial charge is 0.270 e. The van der Waals surface area contributed by atoms with E-state index in [0.717, 1.165) is 38.5 Å². The Labute approximate surface area is 133 Å². The van der Waals surface area contributed by atoms with E-state index in [9.17, 15) is 10.1 Å². The van der Waals surface area contributed by atoms with Crippen LogP contribution in [0.3, 0.4) is 0 Å². The highest BCUT2D eigenvalue weighted by Crippen LogP contribution is 2.30. The summed E-state index contributed by atoms with van der Waals surface area (Å²) in [5.41, 5.74) is 0.714. The number of aromatic nitrogens is 1. The minimum atomic E-state index is -0.423. The molecule has 6 nitrogen and oxygen atoms in total. The van der Waals surface area contributed by atoms with Gasteiger partial charge in [0.2, 0.25) is 0 Å². The summed E-state index contributed by atoms with van der Waals surface area (Å²) in [6.45, 7) is 7.06. The zero-order chi connectivity index (χ0) is 15.7. The van der Waals surface area contributed by atoms with Gasteiger partial charge in [-0.05, 0) is 18.7 Å². The van der Waals surface area contributed by atoms with E-state index in [0.29, 0.717) is 15.9 Å². The van der Waals surface area contributed by atoms with Crippen LogP contribution in [0.4, 0.5) is 11.5 Å². The van der Waals surface area contributed by atoms with Crippen LogP contribution in [0.25, 0.3) is 10.9 Å². The molecule has 1 aromatic heterocycles. The first-order valence-electron chi connectivity index (χ1n) is 7.30. The SMILES string of the molecule is CCN1CCN(c2cc(Cl)c3cc([N+](=O)[O-])ccc3n2)CC1. The maximum absolute atomic E-state index is 10.9. The number of piperazine rings is 1. The zero-order valence-electron chi connectivity index (χ0n) is 12.3. The van der Waals surface area contributed by atoms with E-state index in [1.54, 1.807) is 12.1 Å². The van der Waals surface area contributed by atoms with Gasteiger partial charge in [-0.3, -0.25) is 10.1 Å². The largest absolute Gasteiger partial charge is 0.354 e. The molecule has 3 rings (SSSR count). The Hall–Kier alpha value is -1.92. The van der Waals surface area contributed by atoms with Crippen molar-refractivity contribution >= 4 is 34.0 Å². The number of pyridine rings is 1. The maximum Gasteiger partial charge on any atom is 0.270 e. The highest BCUT2D eigenvalue weighted by atomic mass is 35.5. The Kier molecular flexibility index (Phi) is 4.13. The van der Waals surface area contributed by atoms with Gasteiger partial charge in [0, 0.05) is 43.7 Å². The molecule has 1 fully saturated rings. The van der Waals surface area contributed by atoms with Gasteiger partial charge in [-0.1, -0.05) is 18.5 Å². The van der Waals surface area contributed by atoms with Crippen LogP contribution in [0.1, 0.15) is 6.92 Å². The summed E-state index contributed by atoms with van der Waals surface area (Å²) in [5, 5.41) is 12.0. The Balaban J connectivity index is 1.93. The molecule has 0 aliphatic carbocycles. The molecule has 0 radical (unpaired) electrons. The fourth-order valence-electron chi connectivity index (χ4n) is 2.73. The third-order valence-electron chi connectivity index (χ3n) is 4.08. The van der Waals surface area contributed by atoms with Gasteiger partial charge >= 0.3 is 0 Å². The lowest BCUT2D eigenvalue weighted by Gasteiger charge is -2.34. The van der Waals surface area contributed by atoms with E-state index >= 15 is 0 Å². The molecule has 0 N–H and O–H groups in total. The van der Waals surface area contributed by atoms with Crippen molar-refractivity contribution < 1.29 is 4.92 Å². The van der Waals surface area contributed by atoms with Crippen molar-refractivity contribution in [2.75, 3.05) is 37.6 Å². The standard InChI is InChI=1S/C15H17ClN4O2/c1-2-18-5-7-19(8-6-18)15-10-13(16)12-9-11(20(21)22)3-4-14(12)17-15/h3-4,9-10H,2,5-8H2,1H3. The van der Waals surface area contributed by atoms with Gasteiger partial charge < -0.3 is 9.80 Å². The van der Waals surface area contributed by atoms with Crippen molar-refractivity contribution in [3.8, 4) is 0 Å². The molecule has 1 aromatic carbocycles. The molecular formula is C15H17ClN4O2. The molecule has 0 amide bonds. The van der Waals surface area contributed by atoms with Crippen LogP contribution < -0.4 is 4.90 Å². The fourth-order valence-corrected chi connectivity index (χ4v) is 2.98. The number of non-ortho nitro benzene ring substituents is 1. The van der Waals surface area contributed by atoms with Gasteiger partial charge in [0.05, 0.1) is 15.5 Å². The second-order valence-corrected chi connectivity index (χ2v) is 5.75. The van der Waals surface area contributed by atoms with Crippen molar-refractivity contribution in [2.24, 2.45) is 0 Å². The Morgan fingerprint density at radius 2 is 2.00 bits per heavy atom. The number of rotatable bonds is 3. The first-order valence-corrected chi connectivity index (χ1v) is 7.68. The number of likely N-dealkylation sites (N-methyl/N-ethyl adjacent to an activating group) is 1. The summed E-state index contributed by atoms with van der Waals surface area (Å²) >= 11 is 6.31. The molecule has 0 atom stereocenters. The number of fused-ring (bicyclic) bond motifs is 1. The van der Waals surface area contributed by atoms with Gasteiger partial charge in [0.1, 0.15) is 5.82 Å². The number of hydrogen-bond acceptors (Lipinski definition) is 5. The van der Waals surface area contributed by atoms with Gasteiger partial charge in [-0.25, -0.2) is 4.98 Å². The number of nitro groups is 1. The molecule has 0 saturated carbocycles. The number of nitrogens with zero attached hydrogens (tertiary/aromatic N) is 4. The average molecular weight is 321 g/mol. The predicted octanol–water partition coefficient (Wildman–Crippen LogP) is 2.94. The van der Waals surface area contributed by atoms with E-state index in [2.05, 4.69) is 21.7 Å². The quantitative estimate of drug-likeness (QED) is 0.642. The molecule has 22 heavy (non-hydrogen) atoms. The van der Waals surface area contributed by atoms with Crippen LogP contribution in [0, 0.1) is 10.1 Å². The summed E-state index contributed by atoms with van der Waals surface area (Å²) in [6, 6.07) is 6.40. The lowest BCUT2D eigenvalue weighted by Crippen LogP contribution is -2.46. The highest BCUT2D eigenvalue weighted by Gasteiger charge is 2.18. The molecule has 1 aliphatic heterocycles. The first kappa shape index (κ1) is 15.0. The number of nitro benzene ring substituents is 1. The van der Waals surface area contributed by atoms with Crippen molar-refractivity contribution in [3.63, 3.8) is 0 Å². The highest BCUT2D eigenvalue weighted by molar-refractivity contribution is 6.35. The third kappa shape index (κ3) is 2.84. The topological polar surface area (TPSA) is 62.5 Å². The molecule has 2 aromatic rings. The van der Waals surface area contributed by atoms with E-state index in [1.165, 1.54) is 12.1 Å². The molecule has 2 heterocycles. The fraction of sp³-hybridized carbons (Fsp3) is 0.400. The third-order valence-corrected chi connectivity index (χ3v) is 4.40. The van der Waals surface area contributed by atoms with Crippen LogP contribution in [0.5, 0.6) is 0 Å². The minimum absolute atomic E-state index is 0.0283. The Bertz CT molecular complexity index is 714. The van der Waals surface area contributed by atoms with Gasteiger partial charge in [0.15, 0.2) is 0 Å². The van der Waals surface area contributed by atoms with E-state index < -0.39 is 4.92 Å². The van der Waals surface area contributed by atoms with Gasteiger partial charge in [-0.15, -0.1) is 0 Å². The molecule has 0 spiro atoms. The summed E-state index contributed by atoms with van der Waals surface area (Å²) in [7, 11) is 0. The van der Waals surface area contributed by atoms with Gasteiger partial charge in [-0.2, -0.15) is 0 Å². The normalized spacial score (nSPS) is 16.2. The van der Waals surface area contributed by atoms with Crippen molar-refractivity contribution in [1.82, 2.24) is 9.88 Å². The van der Waals surface area contributed by atoms with Crippen molar-refractivity contribution in [1.29, 1.82) is 0 Å². The zero-order valence-corrected chi connectivity index (χ0v) is 13.1. The molecule has 0 bridgehead atoms. The lowest BCUT2D eigenvalue weighted by atomic mass is 10.2. The van der Waals surface area contributed by atoms with Crippen LogP contribution in [0.2, 0.25) is 5.02 Å². The average Bonchev–Trinajstić information content (AvgIpc) is 2.54. The molecule has 1 saturated heterocycles. The first-order chi connectivity index (χ1) is 10.6. The predicted molar refractivity (Wildman–Crippen MR) is 87.7 cm³/mol. The minimum Gasteiger partial charge on any atom is -0.354 e. The Morgan fingerprint density at radius 3 is 2.64 bits per heavy atom. The monoisotopic (exact) mass is 320 g/mol. The second-order valence-electron chi connectivity index (χ2n) is 5.34. The summed E-state index contributed by atoms with van der Waals surface area (Å²) in [6.07, 6.45) is 0. The van der Waals surface area contributed by atoms with Gasteiger partial charge in [0.25, 0.3) is 5.69 Å². The van der Waals surface area contributed by atoms with E-state index in [-0.39, 0.29) is 5.69 Å². The number of hydrogen-bond donors (Lipinski definition) is 0.